The van der Waals surface area contributed by atoms with Gasteiger partial charge < -0.3 is 20.1 Å². The first kappa shape index (κ1) is 22.7. The van der Waals surface area contributed by atoms with Crippen LogP contribution >= 0.6 is 35.3 Å². The van der Waals surface area contributed by atoms with Crippen LogP contribution in [-0.4, -0.2) is 30.8 Å². The number of nitrogens with one attached hydrogen (secondary N) is 2. The van der Waals surface area contributed by atoms with Gasteiger partial charge in [0.15, 0.2) is 17.5 Å². The maximum absolute atomic E-state index is 5.43. The van der Waals surface area contributed by atoms with Gasteiger partial charge in [0.1, 0.15) is 0 Å². The van der Waals surface area contributed by atoms with Gasteiger partial charge in [-0.25, -0.2) is 9.98 Å². The van der Waals surface area contributed by atoms with E-state index in [0.29, 0.717) is 13.3 Å². The molecular weight excluding hydrogens is 487 g/mol. The summed E-state index contributed by atoms with van der Waals surface area (Å²) in [5.41, 5.74) is 2.30. The lowest BCUT2D eigenvalue weighted by Gasteiger charge is -2.13. The van der Waals surface area contributed by atoms with Crippen molar-refractivity contribution < 1.29 is 9.47 Å². The largest absolute Gasteiger partial charge is 0.454 e. The Morgan fingerprint density at radius 2 is 2.00 bits per heavy atom. The molecule has 0 radical (unpaired) electrons. The van der Waals surface area contributed by atoms with Crippen molar-refractivity contribution in [1.29, 1.82) is 0 Å². The summed E-state index contributed by atoms with van der Waals surface area (Å²) in [5, 5.41) is 9.92. The number of ether oxygens (including phenoxy) is 2. The molecular formula is C20H29IN4O2S. The summed E-state index contributed by atoms with van der Waals surface area (Å²) in [6.45, 7) is 11.1. The van der Waals surface area contributed by atoms with E-state index in [1.807, 2.05) is 12.1 Å². The Balaban J connectivity index is 0.00000280. The van der Waals surface area contributed by atoms with Crippen molar-refractivity contribution in [3.63, 3.8) is 0 Å². The van der Waals surface area contributed by atoms with Gasteiger partial charge in [0.2, 0.25) is 6.79 Å². The molecule has 1 aliphatic rings. The zero-order chi connectivity index (χ0) is 19.3. The fourth-order valence-corrected chi connectivity index (χ4v) is 3.55. The van der Waals surface area contributed by atoms with Crippen LogP contribution in [0.5, 0.6) is 11.5 Å². The van der Waals surface area contributed by atoms with Crippen molar-refractivity contribution in [3.05, 3.63) is 39.8 Å². The van der Waals surface area contributed by atoms with E-state index in [2.05, 4.69) is 54.8 Å². The summed E-state index contributed by atoms with van der Waals surface area (Å²) in [4.78, 5) is 9.37. The second-order valence-corrected chi connectivity index (χ2v) is 8.31. The van der Waals surface area contributed by atoms with Gasteiger partial charge >= 0.3 is 0 Å². The van der Waals surface area contributed by atoms with Gasteiger partial charge in [0.05, 0.1) is 17.2 Å². The molecule has 2 N–H and O–H groups in total. The van der Waals surface area contributed by atoms with Gasteiger partial charge in [-0.1, -0.05) is 26.8 Å². The molecule has 0 saturated heterocycles. The maximum Gasteiger partial charge on any atom is 0.231 e. The number of thiazole rings is 1. The highest BCUT2D eigenvalue weighted by atomic mass is 127. The average molecular weight is 516 g/mol. The number of benzene rings is 1. The Bertz CT molecular complexity index is 802. The molecule has 6 nitrogen and oxygen atoms in total. The van der Waals surface area contributed by atoms with Crippen molar-refractivity contribution >= 4 is 41.3 Å². The third kappa shape index (κ3) is 6.23. The first-order valence-corrected chi connectivity index (χ1v) is 10.2. The number of hydrogen-bond acceptors (Lipinski definition) is 5. The molecule has 0 aliphatic carbocycles. The summed E-state index contributed by atoms with van der Waals surface area (Å²) in [7, 11) is 0. The summed E-state index contributed by atoms with van der Waals surface area (Å²) >= 11 is 1.70. The first-order valence-electron chi connectivity index (χ1n) is 9.31. The number of rotatable bonds is 6. The summed E-state index contributed by atoms with van der Waals surface area (Å²) in [6, 6.07) is 6.08. The smallest absolute Gasteiger partial charge is 0.231 e. The Morgan fingerprint density at radius 1 is 1.21 bits per heavy atom. The molecule has 28 heavy (non-hydrogen) atoms. The molecule has 0 amide bonds. The van der Waals surface area contributed by atoms with Crippen LogP contribution in [0.2, 0.25) is 0 Å². The van der Waals surface area contributed by atoms with E-state index in [-0.39, 0.29) is 29.4 Å². The number of nitrogens with zero attached hydrogens (tertiary/aromatic N) is 2. The lowest BCUT2D eigenvalue weighted by atomic mass is 9.98. The third-order valence-electron chi connectivity index (χ3n) is 4.08. The minimum atomic E-state index is 0. The van der Waals surface area contributed by atoms with Crippen LogP contribution in [0.15, 0.2) is 28.6 Å². The third-order valence-corrected chi connectivity index (χ3v) is 5.40. The van der Waals surface area contributed by atoms with E-state index in [1.54, 1.807) is 11.3 Å². The van der Waals surface area contributed by atoms with Crippen molar-refractivity contribution in [2.24, 2.45) is 4.99 Å². The molecule has 0 unspecified atom stereocenters. The molecule has 0 atom stereocenters. The lowest BCUT2D eigenvalue weighted by Crippen LogP contribution is -2.38. The van der Waals surface area contributed by atoms with Crippen molar-refractivity contribution in [2.75, 3.05) is 19.9 Å². The van der Waals surface area contributed by atoms with Crippen molar-refractivity contribution in [3.8, 4) is 11.5 Å². The van der Waals surface area contributed by atoms with Gasteiger partial charge in [-0.05, 0) is 31.0 Å². The second kappa shape index (κ2) is 10.3. The van der Waals surface area contributed by atoms with Gasteiger partial charge in [0, 0.05) is 23.9 Å². The molecule has 1 aliphatic heterocycles. The van der Waals surface area contributed by atoms with Gasteiger partial charge in [-0.3, -0.25) is 0 Å². The molecule has 0 spiro atoms. The highest BCUT2D eigenvalue weighted by Crippen LogP contribution is 2.32. The Labute approximate surface area is 188 Å². The van der Waals surface area contributed by atoms with Crippen LogP contribution in [0.25, 0.3) is 0 Å². The Hall–Kier alpha value is -1.55. The molecule has 2 heterocycles. The fraction of sp³-hybridized carbons (Fsp3) is 0.500. The number of fused-ring (bicyclic) bond motifs is 1. The normalized spacial score (nSPS) is 13.2. The van der Waals surface area contributed by atoms with Gasteiger partial charge in [0.25, 0.3) is 0 Å². The van der Waals surface area contributed by atoms with E-state index in [4.69, 9.17) is 14.5 Å². The summed E-state index contributed by atoms with van der Waals surface area (Å²) < 4.78 is 10.8. The van der Waals surface area contributed by atoms with Crippen LogP contribution in [0.3, 0.4) is 0 Å². The SMILES string of the molecule is CCNC(=NCc1csc(C(C)(C)C)n1)NCCc1ccc2c(c1)OCO2.I. The highest BCUT2D eigenvalue weighted by molar-refractivity contribution is 14.0. The van der Waals surface area contributed by atoms with Crippen molar-refractivity contribution in [2.45, 2.75) is 46.1 Å². The van der Waals surface area contributed by atoms with Crippen LogP contribution in [0.1, 0.15) is 44.0 Å². The van der Waals surface area contributed by atoms with E-state index in [9.17, 15) is 0 Å². The number of aromatic nitrogens is 1. The van der Waals surface area contributed by atoms with Crippen LogP contribution in [0.4, 0.5) is 0 Å². The lowest BCUT2D eigenvalue weighted by molar-refractivity contribution is 0.174. The number of aliphatic imine (C=N–C) groups is 1. The molecule has 0 saturated carbocycles. The van der Waals surface area contributed by atoms with E-state index < -0.39 is 0 Å². The zero-order valence-electron chi connectivity index (χ0n) is 16.9. The summed E-state index contributed by atoms with van der Waals surface area (Å²) in [5.74, 6) is 2.45. The molecule has 154 valence electrons. The van der Waals surface area contributed by atoms with E-state index in [0.717, 1.165) is 47.7 Å². The standard InChI is InChI=1S/C20H28N4O2S.HI/c1-5-21-19(23-11-15-12-27-18(24-15)20(2,3)4)22-9-8-14-6-7-16-17(10-14)26-13-25-16;/h6-7,10,12H,5,8-9,11,13H2,1-4H3,(H2,21,22,23);1H. The highest BCUT2D eigenvalue weighted by Gasteiger charge is 2.17. The van der Waals surface area contributed by atoms with Crippen molar-refractivity contribution in [1.82, 2.24) is 15.6 Å². The minimum absolute atomic E-state index is 0. The topological polar surface area (TPSA) is 67.8 Å². The molecule has 1 aromatic heterocycles. The predicted octanol–water partition coefficient (Wildman–Crippen LogP) is 4.09. The van der Waals surface area contributed by atoms with Crippen LogP contribution in [-0.2, 0) is 18.4 Å². The number of halogens is 1. The average Bonchev–Trinajstić information content (AvgIpc) is 3.28. The monoisotopic (exact) mass is 516 g/mol. The first-order chi connectivity index (χ1) is 13.0. The summed E-state index contributed by atoms with van der Waals surface area (Å²) in [6.07, 6.45) is 0.881. The van der Waals surface area contributed by atoms with E-state index >= 15 is 0 Å². The maximum atomic E-state index is 5.43. The molecule has 1 aromatic carbocycles. The Kier molecular flexibility index (Phi) is 8.36. The number of guanidine groups is 1. The number of hydrogen-bond donors (Lipinski definition) is 2. The van der Waals surface area contributed by atoms with Crippen LogP contribution < -0.4 is 20.1 Å². The fourth-order valence-electron chi connectivity index (χ4n) is 2.65. The van der Waals surface area contributed by atoms with Crippen LogP contribution in [0, 0.1) is 0 Å². The van der Waals surface area contributed by atoms with Gasteiger partial charge in [-0.15, -0.1) is 35.3 Å². The molecule has 2 aromatic rings. The Morgan fingerprint density at radius 3 is 2.71 bits per heavy atom. The minimum Gasteiger partial charge on any atom is -0.454 e. The zero-order valence-corrected chi connectivity index (χ0v) is 20.0. The second-order valence-electron chi connectivity index (χ2n) is 7.45. The molecule has 0 fully saturated rings. The molecule has 0 bridgehead atoms. The van der Waals surface area contributed by atoms with Gasteiger partial charge in [-0.2, -0.15) is 0 Å². The molecule has 3 rings (SSSR count). The quantitative estimate of drug-likeness (QED) is 0.344. The predicted molar refractivity (Wildman–Crippen MR) is 125 cm³/mol. The molecule has 8 heteroatoms. The van der Waals surface area contributed by atoms with E-state index in [1.165, 1.54) is 5.56 Å².